The van der Waals surface area contributed by atoms with E-state index in [-0.39, 0.29) is 0 Å². The number of likely N-dealkylation sites (N-methyl/N-ethyl adjacent to an activating group) is 1. The average Bonchev–Trinajstić information content (AvgIpc) is 2.67. The molecule has 1 aromatic carbocycles. The second-order valence-corrected chi connectivity index (χ2v) is 5.02. The van der Waals surface area contributed by atoms with Crippen molar-refractivity contribution >= 4 is 5.69 Å². The molecule has 0 heterocycles. The Kier molecular flexibility index (Phi) is 4.68. The first-order valence-corrected chi connectivity index (χ1v) is 6.82. The zero-order valence-corrected chi connectivity index (χ0v) is 11.5. The third kappa shape index (κ3) is 3.52. The molecule has 2 nitrogen and oxygen atoms in total. The number of methoxy groups -OCH3 is 1. The lowest BCUT2D eigenvalue weighted by Crippen LogP contribution is -2.20. The van der Waals surface area contributed by atoms with Crippen LogP contribution in [0.2, 0.25) is 0 Å². The van der Waals surface area contributed by atoms with Gasteiger partial charge < -0.3 is 9.64 Å². The van der Waals surface area contributed by atoms with Crippen LogP contribution < -0.4 is 9.64 Å². The molecule has 0 unspecified atom stereocenters. The Bertz CT molecular complexity index is 394. The van der Waals surface area contributed by atoms with E-state index in [0.29, 0.717) is 0 Å². The van der Waals surface area contributed by atoms with Crippen molar-refractivity contribution in [3.05, 3.63) is 35.9 Å². The molecule has 0 N–H and O–H groups in total. The summed E-state index contributed by atoms with van der Waals surface area (Å²) < 4.78 is 5.19. The summed E-state index contributed by atoms with van der Waals surface area (Å²) in [5.41, 5.74) is 2.84. The van der Waals surface area contributed by atoms with Crippen molar-refractivity contribution < 1.29 is 4.74 Å². The van der Waals surface area contributed by atoms with Gasteiger partial charge in [-0.2, -0.15) is 0 Å². The summed E-state index contributed by atoms with van der Waals surface area (Å²) in [5.74, 6) is 0.917. The van der Waals surface area contributed by atoms with Gasteiger partial charge in [0.1, 0.15) is 5.75 Å². The van der Waals surface area contributed by atoms with Gasteiger partial charge in [-0.25, -0.2) is 0 Å². The molecule has 0 saturated carbocycles. The number of rotatable bonds is 4. The summed E-state index contributed by atoms with van der Waals surface area (Å²) in [7, 11) is 3.86. The summed E-state index contributed by atoms with van der Waals surface area (Å²) in [6, 6.07) is 8.28. The normalized spacial score (nSPS) is 15.8. The van der Waals surface area contributed by atoms with Crippen LogP contribution in [0.25, 0.3) is 0 Å². The molecule has 1 aliphatic rings. The van der Waals surface area contributed by atoms with Gasteiger partial charge in [-0.3, -0.25) is 0 Å². The molecule has 0 fully saturated rings. The van der Waals surface area contributed by atoms with E-state index < -0.39 is 0 Å². The molecule has 0 radical (unpaired) electrons. The highest BCUT2D eigenvalue weighted by Crippen LogP contribution is 2.22. The lowest BCUT2D eigenvalue weighted by atomic mass is 10.1. The SMILES string of the molecule is COc1ccc(N(C)CC2=CCCCCC2)cc1. The van der Waals surface area contributed by atoms with E-state index in [1.54, 1.807) is 12.7 Å². The first kappa shape index (κ1) is 13.0. The maximum atomic E-state index is 5.19. The predicted molar refractivity (Wildman–Crippen MR) is 77.4 cm³/mol. The molecule has 0 atom stereocenters. The summed E-state index contributed by atoms with van der Waals surface area (Å²) >= 11 is 0. The smallest absolute Gasteiger partial charge is 0.119 e. The second-order valence-electron chi connectivity index (χ2n) is 5.02. The van der Waals surface area contributed by atoms with Crippen LogP contribution in [-0.4, -0.2) is 20.7 Å². The van der Waals surface area contributed by atoms with Crippen LogP contribution in [0.15, 0.2) is 35.9 Å². The van der Waals surface area contributed by atoms with Crippen LogP contribution in [0.3, 0.4) is 0 Å². The Balaban J connectivity index is 1.97. The number of benzene rings is 1. The Labute approximate surface area is 110 Å². The average molecular weight is 245 g/mol. The van der Waals surface area contributed by atoms with Gasteiger partial charge in [-0.15, -0.1) is 0 Å². The lowest BCUT2D eigenvalue weighted by Gasteiger charge is -2.21. The van der Waals surface area contributed by atoms with E-state index in [1.807, 2.05) is 12.1 Å². The Morgan fingerprint density at radius 1 is 1.11 bits per heavy atom. The molecule has 1 aromatic rings. The minimum atomic E-state index is 0.917. The Morgan fingerprint density at radius 2 is 1.89 bits per heavy atom. The highest BCUT2D eigenvalue weighted by Gasteiger charge is 2.07. The van der Waals surface area contributed by atoms with E-state index in [4.69, 9.17) is 4.74 Å². The quantitative estimate of drug-likeness (QED) is 0.743. The molecule has 2 heteroatoms. The number of allylic oxidation sites excluding steroid dienone is 1. The lowest BCUT2D eigenvalue weighted by molar-refractivity contribution is 0.415. The standard InChI is InChI=1S/C16H23NO/c1-17(13-14-7-5-3-4-6-8-14)15-9-11-16(18-2)12-10-15/h7,9-12H,3-6,8,13H2,1-2H3. The van der Waals surface area contributed by atoms with Crippen LogP contribution >= 0.6 is 0 Å². The molecule has 18 heavy (non-hydrogen) atoms. The largest absolute Gasteiger partial charge is 0.497 e. The van der Waals surface area contributed by atoms with Gasteiger partial charge in [0.2, 0.25) is 0 Å². The molecule has 0 aromatic heterocycles. The first-order chi connectivity index (χ1) is 8.79. The van der Waals surface area contributed by atoms with Crippen LogP contribution in [0.1, 0.15) is 32.1 Å². The van der Waals surface area contributed by atoms with E-state index in [0.717, 1.165) is 12.3 Å². The van der Waals surface area contributed by atoms with E-state index >= 15 is 0 Å². The minimum Gasteiger partial charge on any atom is -0.497 e. The molecular weight excluding hydrogens is 222 g/mol. The highest BCUT2D eigenvalue weighted by molar-refractivity contribution is 5.49. The molecule has 0 amide bonds. The van der Waals surface area contributed by atoms with Gasteiger partial charge in [-0.05, 0) is 49.9 Å². The third-order valence-corrected chi connectivity index (χ3v) is 3.59. The molecule has 0 bridgehead atoms. The maximum Gasteiger partial charge on any atom is 0.119 e. The molecular formula is C16H23NO. The maximum absolute atomic E-state index is 5.19. The van der Waals surface area contributed by atoms with E-state index in [9.17, 15) is 0 Å². The van der Waals surface area contributed by atoms with Gasteiger partial charge in [0.25, 0.3) is 0 Å². The number of hydrogen-bond acceptors (Lipinski definition) is 2. The molecule has 0 saturated heterocycles. The Morgan fingerprint density at radius 3 is 2.61 bits per heavy atom. The predicted octanol–water partition coefficient (Wildman–Crippen LogP) is 4.02. The molecule has 1 aliphatic carbocycles. The Hall–Kier alpha value is -1.44. The van der Waals surface area contributed by atoms with Gasteiger partial charge in [0, 0.05) is 19.3 Å². The van der Waals surface area contributed by atoms with Crippen molar-refractivity contribution in [1.82, 2.24) is 0 Å². The van der Waals surface area contributed by atoms with Crippen molar-refractivity contribution in [1.29, 1.82) is 0 Å². The van der Waals surface area contributed by atoms with Crippen LogP contribution in [0.4, 0.5) is 5.69 Å². The number of anilines is 1. The molecule has 0 spiro atoms. The zero-order valence-electron chi connectivity index (χ0n) is 11.5. The summed E-state index contributed by atoms with van der Waals surface area (Å²) in [6.07, 6.45) is 9.05. The topological polar surface area (TPSA) is 12.5 Å². The third-order valence-electron chi connectivity index (χ3n) is 3.59. The van der Waals surface area contributed by atoms with Crippen molar-refractivity contribution in [3.63, 3.8) is 0 Å². The van der Waals surface area contributed by atoms with Crippen molar-refractivity contribution in [2.75, 3.05) is 25.6 Å². The summed E-state index contributed by atoms with van der Waals surface area (Å²) in [4.78, 5) is 2.32. The fraction of sp³-hybridized carbons (Fsp3) is 0.500. The summed E-state index contributed by atoms with van der Waals surface area (Å²) in [5, 5.41) is 0. The minimum absolute atomic E-state index is 0.917. The zero-order chi connectivity index (χ0) is 12.8. The van der Waals surface area contributed by atoms with Gasteiger partial charge in [-0.1, -0.05) is 18.1 Å². The van der Waals surface area contributed by atoms with Crippen molar-refractivity contribution in [2.45, 2.75) is 32.1 Å². The molecule has 2 rings (SSSR count). The van der Waals surface area contributed by atoms with Crippen LogP contribution in [0, 0.1) is 0 Å². The monoisotopic (exact) mass is 245 g/mol. The van der Waals surface area contributed by atoms with Crippen LogP contribution in [-0.2, 0) is 0 Å². The first-order valence-electron chi connectivity index (χ1n) is 6.82. The second kappa shape index (κ2) is 6.48. The van der Waals surface area contributed by atoms with Crippen molar-refractivity contribution in [2.24, 2.45) is 0 Å². The van der Waals surface area contributed by atoms with Crippen molar-refractivity contribution in [3.8, 4) is 5.75 Å². The van der Waals surface area contributed by atoms with Gasteiger partial charge in [0.05, 0.1) is 7.11 Å². The van der Waals surface area contributed by atoms with E-state index in [2.05, 4.69) is 30.2 Å². The number of ether oxygens (including phenoxy) is 1. The van der Waals surface area contributed by atoms with E-state index in [1.165, 1.54) is 37.8 Å². The number of nitrogens with zero attached hydrogens (tertiary/aromatic N) is 1. The highest BCUT2D eigenvalue weighted by atomic mass is 16.5. The molecule has 0 aliphatic heterocycles. The van der Waals surface area contributed by atoms with Gasteiger partial charge in [0.15, 0.2) is 0 Å². The van der Waals surface area contributed by atoms with Gasteiger partial charge >= 0.3 is 0 Å². The summed E-state index contributed by atoms with van der Waals surface area (Å²) in [6.45, 7) is 1.05. The van der Waals surface area contributed by atoms with Crippen LogP contribution in [0.5, 0.6) is 5.75 Å². The fourth-order valence-electron chi connectivity index (χ4n) is 2.46. The fourth-order valence-corrected chi connectivity index (χ4v) is 2.46. The molecule has 98 valence electrons. The number of hydrogen-bond donors (Lipinski definition) is 0.